The molecule has 0 saturated heterocycles. The van der Waals surface area contributed by atoms with Gasteiger partial charge in [0.05, 0.1) is 0 Å². The first-order chi connectivity index (χ1) is 6.47. The fourth-order valence-electron chi connectivity index (χ4n) is 1.18. The van der Waals surface area contributed by atoms with Gasteiger partial charge in [-0.25, -0.2) is 9.50 Å². The quantitative estimate of drug-likeness (QED) is 0.635. The number of fused-ring (bicyclic) bond motifs is 1. The van der Waals surface area contributed by atoms with Crippen molar-refractivity contribution in [1.29, 1.82) is 0 Å². The van der Waals surface area contributed by atoms with Crippen LogP contribution in [-0.4, -0.2) is 19.6 Å². The van der Waals surface area contributed by atoms with Gasteiger partial charge >= 0.3 is 0 Å². The van der Waals surface area contributed by atoms with Crippen molar-refractivity contribution in [1.82, 2.24) is 19.6 Å². The zero-order valence-electron chi connectivity index (χ0n) is 8.94. The van der Waals surface area contributed by atoms with E-state index in [-0.39, 0.29) is 5.41 Å². The van der Waals surface area contributed by atoms with E-state index in [1.165, 1.54) is 0 Å². The van der Waals surface area contributed by atoms with Crippen LogP contribution in [0, 0.1) is 6.92 Å². The minimum absolute atomic E-state index is 0.0262. The van der Waals surface area contributed by atoms with Gasteiger partial charge in [-0.15, -0.1) is 5.10 Å². The van der Waals surface area contributed by atoms with Crippen LogP contribution < -0.4 is 0 Å². The second kappa shape index (κ2) is 2.77. The van der Waals surface area contributed by atoms with E-state index in [2.05, 4.69) is 35.8 Å². The van der Waals surface area contributed by atoms with Crippen LogP contribution in [0.2, 0.25) is 0 Å². The Morgan fingerprint density at radius 3 is 2.57 bits per heavy atom. The Balaban J connectivity index is 2.63. The van der Waals surface area contributed by atoms with Gasteiger partial charge in [-0.1, -0.05) is 20.8 Å². The molecule has 0 aromatic carbocycles. The number of aromatic nitrogens is 4. The summed E-state index contributed by atoms with van der Waals surface area (Å²) in [5.74, 6) is 1.51. The molecule has 4 nitrogen and oxygen atoms in total. The first kappa shape index (κ1) is 9.12. The molecule has 0 atom stereocenters. The Labute approximate surface area is 83.0 Å². The van der Waals surface area contributed by atoms with Gasteiger partial charge in [-0.2, -0.15) is 4.98 Å². The molecular weight excluding hydrogens is 176 g/mol. The van der Waals surface area contributed by atoms with Crippen molar-refractivity contribution in [2.24, 2.45) is 0 Å². The van der Waals surface area contributed by atoms with E-state index in [4.69, 9.17) is 0 Å². The largest absolute Gasteiger partial charge is 0.252 e. The summed E-state index contributed by atoms with van der Waals surface area (Å²) in [7, 11) is 0. The van der Waals surface area contributed by atoms with Crippen LogP contribution in [0.5, 0.6) is 0 Å². The third-order valence-corrected chi connectivity index (χ3v) is 2.02. The summed E-state index contributed by atoms with van der Waals surface area (Å²) >= 11 is 0. The van der Waals surface area contributed by atoms with E-state index < -0.39 is 0 Å². The molecule has 0 N–H and O–H groups in total. The predicted molar refractivity (Wildman–Crippen MR) is 54.2 cm³/mol. The maximum absolute atomic E-state index is 4.39. The molecule has 0 fully saturated rings. The van der Waals surface area contributed by atoms with Crippen molar-refractivity contribution in [3.63, 3.8) is 0 Å². The number of aryl methyl sites for hydroxylation is 1. The molecule has 0 radical (unpaired) electrons. The highest BCUT2D eigenvalue weighted by Gasteiger charge is 2.19. The second-order valence-electron chi connectivity index (χ2n) is 4.50. The number of hydrogen-bond acceptors (Lipinski definition) is 3. The molecule has 74 valence electrons. The monoisotopic (exact) mass is 190 g/mol. The van der Waals surface area contributed by atoms with Crippen molar-refractivity contribution >= 4 is 5.78 Å². The highest BCUT2D eigenvalue weighted by Crippen LogP contribution is 2.18. The van der Waals surface area contributed by atoms with Crippen molar-refractivity contribution in [2.45, 2.75) is 33.1 Å². The molecule has 0 aliphatic heterocycles. The predicted octanol–water partition coefficient (Wildman–Crippen LogP) is 1.73. The summed E-state index contributed by atoms with van der Waals surface area (Å²) in [6.07, 6.45) is 1.89. The molecule has 0 aliphatic carbocycles. The standard InChI is InChI=1S/C10H14N4/c1-7-5-6-14-9(11-7)12-8(13-14)10(2,3)4/h5-6H,1-4H3. The van der Waals surface area contributed by atoms with Gasteiger partial charge in [0.15, 0.2) is 5.82 Å². The fourth-order valence-corrected chi connectivity index (χ4v) is 1.18. The zero-order chi connectivity index (χ0) is 10.3. The third-order valence-electron chi connectivity index (χ3n) is 2.02. The Morgan fingerprint density at radius 1 is 1.21 bits per heavy atom. The van der Waals surface area contributed by atoms with Gasteiger partial charge in [0, 0.05) is 17.3 Å². The Hall–Kier alpha value is -1.45. The first-order valence-electron chi connectivity index (χ1n) is 4.67. The molecular formula is C10H14N4. The molecule has 14 heavy (non-hydrogen) atoms. The lowest BCUT2D eigenvalue weighted by molar-refractivity contribution is 0.545. The molecule has 2 rings (SSSR count). The lowest BCUT2D eigenvalue weighted by Gasteiger charge is -2.11. The molecule has 0 bridgehead atoms. The van der Waals surface area contributed by atoms with Crippen LogP contribution in [-0.2, 0) is 5.41 Å². The summed E-state index contributed by atoms with van der Waals surface area (Å²) in [6.45, 7) is 8.23. The highest BCUT2D eigenvalue weighted by atomic mass is 15.3. The van der Waals surface area contributed by atoms with E-state index in [0.717, 1.165) is 11.5 Å². The molecule has 0 aliphatic rings. The van der Waals surface area contributed by atoms with Gasteiger partial charge < -0.3 is 0 Å². The van der Waals surface area contributed by atoms with E-state index in [1.807, 2.05) is 19.2 Å². The Morgan fingerprint density at radius 2 is 1.93 bits per heavy atom. The Kier molecular flexibility index (Phi) is 1.80. The van der Waals surface area contributed by atoms with Gasteiger partial charge in [0.25, 0.3) is 5.78 Å². The molecule has 0 saturated carbocycles. The molecule has 2 aromatic rings. The number of hydrogen-bond donors (Lipinski definition) is 0. The van der Waals surface area contributed by atoms with E-state index >= 15 is 0 Å². The van der Waals surface area contributed by atoms with Crippen LogP contribution in [0.15, 0.2) is 12.3 Å². The van der Waals surface area contributed by atoms with Crippen LogP contribution in [0.1, 0.15) is 32.3 Å². The fraction of sp³-hybridized carbons (Fsp3) is 0.500. The third kappa shape index (κ3) is 1.47. The van der Waals surface area contributed by atoms with Gasteiger partial charge in [-0.3, -0.25) is 0 Å². The summed E-state index contributed by atoms with van der Waals surface area (Å²) < 4.78 is 1.72. The van der Waals surface area contributed by atoms with Crippen LogP contribution in [0.3, 0.4) is 0 Å². The lowest BCUT2D eigenvalue weighted by atomic mass is 9.96. The van der Waals surface area contributed by atoms with Gasteiger partial charge in [0.2, 0.25) is 0 Å². The Bertz CT molecular complexity index is 464. The highest BCUT2D eigenvalue weighted by molar-refractivity contribution is 5.28. The molecule has 4 heteroatoms. The first-order valence-corrected chi connectivity index (χ1v) is 4.67. The minimum Gasteiger partial charge on any atom is -0.216 e. The average Bonchev–Trinajstić information content (AvgIpc) is 2.45. The smallest absolute Gasteiger partial charge is 0.216 e. The summed E-state index contributed by atoms with van der Waals surface area (Å²) in [4.78, 5) is 8.68. The van der Waals surface area contributed by atoms with E-state index in [0.29, 0.717) is 5.78 Å². The summed E-state index contributed by atoms with van der Waals surface area (Å²) in [5, 5.41) is 4.37. The molecule has 0 unspecified atom stereocenters. The minimum atomic E-state index is -0.0262. The SMILES string of the molecule is Cc1ccn2nc(C(C)(C)C)nc2n1. The summed E-state index contributed by atoms with van der Waals surface area (Å²) in [6, 6.07) is 1.92. The van der Waals surface area contributed by atoms with E-state index in [1.54, 1.807) is 4.52 Å². The molecule has 2 aromatic heterocycles. The van der Waals surface area contributed by atoms with Gasteiger partial charge in [0.1, 0.15) is 0 Å². The van der Waals surface area contributed by atoms with Crippen molar-refractivity contribution in [2.75, 3.05) is 0 Å². The van der Waals surface area contributed by atoms with Crippen molar-refractivity contribution < 1.29 is 0 Å². The number of rotatable bonds is 0. The van der Waals surface area contributed by atoms with Crippen LogP contribution in [0.25, 0.3) is 5.78 Å². The normalized spacial score (nSPS) is 12.3. The van der Waals surface area contributed by atoms with Crippen molar-refractivity contribution in [3.05, 3.63) is 23.8 Å². The molecule has 0 spiro atoms. The van der Waals surface area contributed by atoms with E-state index in [9.17, 15) is 0 Å². The maximum Gasteiger partial charge on any atom is 0.252 e. The molecule has 0 amide bonds. The van der Waals surface area contributed by atoms with Crippen LogP contribution in [0.4, 0.5) is 0 Å². The molecule has 2 heterocycles. The summed E-state index contributed by atoms with van der Waals surface area (Å²) in [5.41, 5.74) is 0.937. The average molecular weight is 190 g/mol. The topological polar surface area (TPSA) is 43.1 Å². The van der Waals surface area contributed by atoms with Gasteiger partial charge in [-0.05, 0) is 13.0 Å². The van der Waals surface area contributed by atoms with Crippen molar-refractivity contribution in [3.8, 4) is 0 Å². The second-order valence-corrected chi connectivity index (χ2v) is 4.50. The lowest BCUT2D eigenvalue weighted by Crippen LogP contribution is -2.13. The van der Waals surface area contributed by atoms with Crippen LogP contribution >= 0.6 is 0 Å². The maximum atomic E-state index is 4.39. The zero-order valence-corrected chi connectivity index (χ0v) is 8.94. The number of nitrogens with zero attached hydrogens (tertiary/aromatic N) is 4.